The Morgan fingerprint density at radius 1 is 1.47 bits per heavy atom. The van der Waals surface area contributed by atoms with Gasteiger partial charge in [-0.25, -0.2) is 0 Å². The second kappa shape index (κ2) is 6.14. The van der Waals surface area contributed by atoms with Crippen molar-refractivity contribution in [3.05, 3.63) is 17.0 Å². The van der Waals surface area contributed by atoms with Gasteiger partial charge in [0.1, 0.15) is 0 Å². The van der Waals surface area contributed by atoms with E-state index in [0.717, 1.165) is 11.4 Å². The summed E-state index contributed by atoms with van der Waals surface area (Å²) < 4.78 is 6.94. The Hall–Kier alpha value is -0.910. The van der Waals surface area contributed by atoms with Crippen LogP contribution in [0.15, 0.2) is 0 Å². The quantitative estimate of drug-likeness (QED) is 0.769. The number of aromatic nitrogens is 2. The summed E-state index contributed by atoms with van der Waals surface area (Å²) in [5, 5.41) is 17.0. The highest BCUT2D eigenvalue weighted by Crippen LogP contribution is 2.20. The van der Waals surface area contributed by atoms with E-state index in [1.807, 2.05) is 18.7 Å². The summed E-state index contributed by atoms with van der Waals surface area (Å²) in [5.74, 6) is 0. The average molecular weight is 241 g/mol. The Morgan fingerprint density at radius 3 is 2.53 bits per heavy atom. The minimum atomic E-state index is -0.0472. The topological polar surface area (TPSA) is 59.3 Å². The highest BCUT2D eigenvalue weighted by molar-refractivity contribution is 5.27. The predicted molar refractivity (Wildman–Crippen MR) is 67.0 cm³/mol. The minimum absolute atomic E-state index is 0.0472. The normalized spacial score (nSPS) is 14.9. The van der Waals surface area contributed by atoms with Crippen molar-refractivity contribution < 1.29 is 9.84 Å². The lowest BCUT2D eigenvalue weighted by molar-refractivity contribution is 0.123. The molecule has 1 heterocycles. The number of aliphatic hydroxyl groups excluding tert-OH is 1. The van der Waals surface area contributed by atoms with E-state index in [0.29, 0.717) is 6.61 Å². The third-order valence-electron chi connectivity index (χ3n) is 3.07. The maximum atomic E-state index is 9.23. The van der Waals surface area contributed by atoms with Crippen LogP contribution in [0.2, 0.25) is 0 Å². The summed E-state index contributed by atoms with van der Waals surface area (Å²) in [7, 11) is 3.58. The van der Waals surface area contributed by atoms with Crippen molar-refractivity contribution >= 4 is 0 Å². The fourth-order valence-corrected chi connectivity index (χ4v) is 2.21. The summed E-state index contributed by atoms with van der Waals surface area (Å²) >= 11 is 0. The summed E-state index contributed by atoms with van der Waals surface area (Å²) in [6.07, 6.45) is 0. The molecule has 1 aromatic heterocycles. The third-order valence-corrected chi connectivity index (χ3v) is 3.07. The van der Waals surface area contributed by atoms with Crippen molar-refractivity contribution in [3.8, 4) is 0 Å². The van der Waals surface area contributed by atoms with E-state index in [1.165, 1.54) is 5.56 Å². The monoisotopic (exact) mass is 241 g/mol. The molecule has 0 radical (unpaired) electrons. The first-order valence-corrected chi connectivity index (χ1v) is 5.87. The van der Waals surface area contributed by atoms with Gasteiger partial charge in [-0.3, -0.25) is 4.68 Å². The Labute approximate surface area is 103 Å². The van der Waals surface area contributed by atoms with E-state index >= 15 is 0 Å². The van der Waals surface area contributed by atoms with Gasteiger partial charge in [0.15, 0.2) is 0 Å². The van der Waals surface area contributed by atoms with Gasteiger partial charge in [0.05, 0.1) is 24.9 Å². The Bertz CT molecular complexity index is 363. The number of methoxy groups -OCH3 is 1. The molecule has 0 spiro atoms. The smallest absolute Gasteiger partial charge is 0.0644 e. The predicted octanol–water partition coefficient (Wildman–Crippen LogP) is 0.695. The zero-order chi connectivity index (χ0) is 13.0. The van der Waals surface area contributed by atoms with Gasteiger partial charge in [0.2, 0.25) is 0 Å². The third kappa shape index (κ3) is 3.28. The molecular formula is C12H23N3O2. The lowest BCUT2D eigenvalue weighted by atomic mass is 10.1. The standard InChI is InChI=1S/C12H23N3O2/c1-8(13-11(6-16)7-17-5)12-9(2)14-15(4)10(12)3/h8,11,13,16H,6-7H2,1-5H3. The zero-order valence-corrected chi connectivity index (χ0v) is 11.3. The average Bonchev–Trinajstić information content (AvgIpc) is 2.52. The molecule has 98 valence electrons. The Kier molecular flexibility index (Phi) is 5.11. The van der Waals surface area contributed by atoms with Crippen LogP contribution < -0.4 is 5.32 Å². The van der Waals surface area contributed by atoms with Crippen LogP contribution in [0.5, 0.6) is 0 Å². The van der Waals surface area contributed by atoms with E-state index in [9.17, 15) is 5.11 Å². The first kappa shape index (κ1) is 14.2. The molecule has 2 N–H and O–H groups in total. The van der Waals surface area contributed by atoms with E-state index in [-0.39, 0.29) is 18.7 Å². The first-order chi connectivity index (χ1) is 8.01. The first-order valence-electron chi connectivity index (χ1n) is 5.87. The molecule has 0 aromatic carbocycles. The second-order valence-corrected chi connectivity index (χ2v) is 4.43. The van der Waals surface area contributed by atoms with Gasteiger partial charge in [-0.2, -0.15) is 5.10 Å². The number of ether oxygens (including phenoxy) is 1. The highest BCUT2D eigenvalue weighted by Gasteiger charge is 2.18. The largest absolute Gasteiger partial charge is 0.395 e. The number of rotatable bonds is 6. The second-order valence-electron chi connectivity index (χ2n) is 4.43. The number of hydrogen-bond acceptors (Lipinski definition) is 4. The van der Waals surface area contributed by atoms with Gasteiger partial charge in [0.25, 0.3) is 0 Å². The van der Waals surface area contributed by atoms with Crippen LogP contribution in [0.3, 0.4) is 0 Å². The molecule has 2 atom stereocenters. The SMILES string of the molecule is COCC(CO)NC(C)c1c(C)nn(C)c1C. The minimum Gasteiger partial charge on any atom is -0.395 e. The summed E-state index contributed by atoms with van der Waals surface area (Å²) in [4.78, 5) is 0. The van der Waals surface area contributed by atoms with Crippen molar-refractivity contribution in [1.82, 2.24) is 15.1 Å². The van der Waals surface area contributed by atoms with E-state index in [1.54, 1.807) is 7.11 Å². The molecule has 5 heteroatoms. The van der Waals surface area contributed by atoms with Crippen LogP contribution in [-0.2, 0) is 11.8 Å². The fraction of sp³-hybridized carbons (Fsp3) is 0.750. The van der Waals surface area contributed by atoms with Crippen LogP contribution in [0.1, 0.15) is 29.9 Å². The molecule has 0 bridgehead atoms. The molecule has 0 saturated heterocycles. The van der Waals surface area contributed by atoms with Crippen LogP contribution in [0.25, 0.3) is 0 Å². The molecule has 5 nitrogen and oxygen atoms in total. The molecule has 0 fully saturated rings. The van der Waals surface area contributed by atoms with E-state index in [4.69, 9.17) is 4.74 Å². The van der Waals surface area contributed by atoms with E-state index in [2.05, 4.69) is 24.3 Å². The molecular weight excluding hydrogens is 218 g/mol. The molecule has 0 aliphatic carbocycles. The van der Waals surface area contributed by atoms with Crippen LogP contribution in [-0.4, -0.2) is 41.3 Å². The molecule has 0 amide bonds. The van der Waals surface area contributed by atoms with Gasteiger partial charge in [0, 0.05) is 31.5 Å². The van der Waals surface area contributed by atoms with Gasteiger partial charge in [-0.05, 0) is 20.8 Å². The van der Waals surface area contributed by atoms with Crippen molar-refractivity contribution in [3.63, 3.8) is 0 Å². The number of aryl methyl sites for hydroxylation is 2. The lowest BCUT2D eigenvalue weighted by Crippen LogP contribution is -2.38. The van der Waals surface area contributed by atoms with Crippen molar-refractivity contribution in [1.29, 1.82) is 0 Å². The lowest BCUT2D eigenvalue weighted by Gasteiger charge is -2.21. The summed E-state index contributed by atoms with van der Waals surface area (Å²) in [5.41, 5.74) is 3.37. The van der Waals surface area contributed by atoms with Gasteiger partial charge < -0.3 is 15.2 Å². The van der Waals surface area contributed by atoms with Crippen molar-refractivity contribution in [2.45, 2.75) is 32.9 Å². The maximum absolute atomic E-state index is 9.23. The molecule has 1 aromatic rings. The highest BCUT2D eigenvalue weighted by atomic mass is 16.5. The maximum Gasteiger partial charge on any atom is 0.0644 e. The molecule has 2 unspecified atom stereocenters. The molecule has 0 aliphatic rings. The number of nitrogens with zero attached hydrogens (tertiary/aromatic N) is 2. The number of hydrogen-bond donors (Lipinski definition) is 2. The molecule has 17 heavy (non-hydrogen) atoms. The fourth-order valence-electron chi connectivity index (χ4n) is 2.21. The summed E-state index contributed by atoms with van der Waals surface area (Å²) in [6.45, 7) is 6.70. The summed E-state index contributed by atoms with van der Waals surface area (Å²) in [6, 6.07) is 0.102. The zero-order valence-electron chi connectivity index (χ0n) is 11.3. The van der Waals surface area contributed by atoms with Crippen molar-refractivity contribution in [2.75, 3.05) is 20.3 Å². The van der Waals surface area contributed by atoms with Gasteiger partial charge in [-0.1, -0.05) is 0 Å². The number of nitrogens with one attached hydrogen (secondary N) is 1. The molecule has 0 aliphatic heterocycles. The Morgan fingerprint density at radius 2 is 2.12 bits per heavy atom. The van der Waals surface area contributed by atoms with Crippen molar-refractivity contribution in [2.24, 2.45) is 7.05 Å². The van der Waals surface area contributed by atoms with Crippen LogP contribution in [0.4, 0.5) is 0 Å². The number of aliphatic hydroxyl groups is 1. The molecule has 1 rings (SSSR count). The Balaban J connectivity index is 2.78. The van der Waals surface area contributed by atoms with Gasteiger partial charge in [-0.15, -0.1) is 0 Å². The van der Waals surface area contributed by atoms with Crippen LogP contribution >= 0.6 is 0 Å². The van der Waals surface area contributed by atoms with E-state index < -0.39 is 0 Å². The molecule has 0 saturated carbocycles. The van der Waals surface area contributed by atoms with Crippen LogP contribution in [0, 0.1) is 13.8 Å². The van der Waals surface area contributed by atoms with Gasteiger partial charge >= 0.3 is 0 Å².